The van der Waals surface area contributed by atoms with Crippen LogP contribution in [0.4, 0.5) is 0 Å². The van der Waals surface area contributed by atoms with Gasteiger partial charge < -0.3 is 14.2 Å². The van der Waals surface area contributed by atoms with Crippen LogP contribution in [0.15, 0.2) is 24.3 Å². The van der Waals surface area contributed by atoms with Gasteiger partial charge in [0.15, 0.2) is 0 Å². The van der Waals surface area contributed by atoms with Crippen LogP contribution in [0.25, 0.3) is 0 Å². The summed E-state index contributed by atoms with van der Waals surface area (Å²) in [5.74, 6) is 0. The van der Waals surface area contributed by atoms with Crippen molar-refractivity contribution in [2.24, 2.45) is 0 Å². The Morgan fingerprint density at radius 1 is 1.24 bits per heavy atom. The number of benzene rings is 1. The van der Waals surface area contributed by atoms with Crippen molar-refractivity contribution in [3.8, 4) is 0 Å². The summed E-state index contributed by atoms with van der Waals surface area (Å²) in [7, 11) is -4.12. The molecular formula is C13H20NO6P. The van der Waals surface area contributed by atoms with Gasteiger partial charge in [-0.2, -0.15) is 0 Å². The van der Waals surface area contributed by atoms with Gasteiger partial charge in [0.05, 0.1) is 13.2 Å². The third kappa shape index (κ3) is 3.89. The largest absolute Gasteiger partial charge is 0.373 e. The standard InChI is InChI=1S/C13H20NO6P/c1-4-19-21(18,20-5-2)13(15,10-14(16)17)12-8-6-11(3)7-9-12/h6-9,15H,4-5,10H2,1-3H3. The quantitative estimate of drug-likeness (QED) is 0.449. The molecule has 0 heterocycles. The van der Waals surface area contributed by atoms with E-state index in [0.29, 0.717) is 0 Å². The lowest BCUT2D eigenvalue weighted by Gasteiger charge is -2.31. The van der Waals surface area contributed by atoms with Gasteiger partial charge in [-0.3, -0.25) is 14.7 Å². The Hall–Kier alpha value is -1.27. The van der Waals surface area contributed by atoms with Gasteiger partial charge in [0, 0.05) is 10.5 Å². The van der Waals surface area contributed by atoms with Crippen LogP contribution in [0, 0.1) is 17.0 Å². The fourth-order valence-electron chi connectivity index (χ4n) is 1.93. The van der Waals surface area contributed by atoms with Crippen molar-refractivity contribution < 1.29 is 23.6 Å². The van der Waals surface area contributed by atoms with Crippen molar-refractivity contribution in [2.45, 2.75) is 26.1 Å². The van der Waals surface area contributed by atoms with Crippen molar-refractivity contribution in [1.82, 2.24) is 0 Å². The predicted molar refractivity (Wildman–Crippen MR) is 77.8 cm³/mol. The molecular weight excluding hydrogens is 297 g/mol. The van der Waals surface area contributed by atoms with Crippen LogP contribution in [0.5, 0.6) is 0 Å². The molecule has 21 heavy (non-hydrogen) atoms. The van der Waals surface area contributed by atoms with Gasteiger partial charge in [0.2, 0.25) is 6.54 Å². The van der Waals surface area contributed by atoms with Crippen molar-refractivity contribution in [1.29, 1.82) is 0 Å². The average Bonchev–Trinajstić information content (AvgIpc) is 2.39. The lowest BCUT2D eigenvalue weighted by molar-refractivity contribution is -0.496. The van der Waals surface area contributed by atoms with E-state index in [2.05, 4.69) is 0 Å². The molecule has 118 valence electrons. The average molecular weight is 317 g/mol. The zero-order chi connectivity index (χ0) is 16.1. The highest BCUT2D eigenvalue weighted by molar-refractivity contribution is 7.55. The molecule has 7 nitrogen and oxygen atoms in total. The van der Waals surface area contributed by atoms with E-state index >= 15 is 0 Å². The van der Waals surface area contributed by atoms with Crippen LogP contribution in [-0.2, 0) is 19.0 Å². The van der Waals surface area contributed by atoms with Crippen LogP contribution in [-0.4, -0.2) is 29.8 Å². The number of hydrogen-bond acceptors (Lipinski definition) is 6. The van der Waals surface area contributed by atoms with E-state index in [0.717, 1.165) is 5.56 Å². The zero-order valence-corrected chi connectivity index (χ0v) is 13.2. The van der Waals surface area contributed by atoms with Gasteiger partial charge in [-0.15, -0.1) is 0 Å². The molecule has 0 fully saturated rings. The lowest BCUT2D eigenvalue weighted by Crippen LogP contribution is -2.36. The monoisotopic (exact) mass is 317 g/mol. The molecule has 0 bridgehead atoms. The maximum atomic E-state index is 12.9. The highest BCUT2D eigenvalue weighted by atomic mass is 31.2. The third-order valence-corrected chi connectivity index (χ3v) is 5.42. The Balaban J connectivity index is 3.39. The number of nitro groups is 1. The molecule has 0 aliphatic carbocycles. The van der Waals surface area contributed by atoms with E-state index in [1.807, 2.05) is 6.92 Å². The van der Waals surface area contributed by atoms with Crippen molar-refractivity contribution in [2.75, 3.05) is 19.8 Å². The van der Waals surface area contributed by atoms with E-state index in [-0.39, 0.29) is 18.8 Å². The molecule has 0 spiro atoms. The summed E-state index contributed by atoms with van der Waals surface area (Å²) in [6.07, 6.45) is 0. The summed E-state index contributed by atoms with van der Waals surface area (Å²) in [6.45, 7) is 4.03. The Morgan fingerprint density at radius 3 is 2.10 bits per heavy atom. The summed E-state index contributed by atoms with van der Waals surface area (Å²) < 4.78 is 23.1. The lowest BCUT2D eigenvalue weighted by atomic mass is 10.1. The summed E-state index contributed by atoms with van der Waals surface area (Å²) in [6, 6.07) is 6.32. The molecule has 1 unspecified atom stereocenters. The third-order valence-electron chi connectivity index (χ3n) is 2.91. The fourth-order valence-corrected chi connectivity index (χ4v) is 3.86. The summed E-state index contributed by atoms with van der Waals surface area (Å²) in [4.78, 5) is 10.2. The zero-order valence-electron chi connectivity index (χ0n) is 12.3. The number of nitrogens with zero attached hydrogens (tertiary/aromatic N) is 1. The summed E-state index contributed by atoms with van der Waals surface area (Å²) in [5, 5.41) is 19.4. The van der Waals surface area contributed by atoms with Gasteiger partial charge in [0.1, 0.15) is 0 Å². The first kappa shape index (κ1) is 17.8. The molecule has 1 atom stereocenters. The van der Waals surface area contributed by atoms with Gasteiger partial charge in [-0.25, -0.2) is 0 Å². The minimum atomic E-state index is -4.12. The van der Waals surface area contributed by atoms with Crippen molar-refractivity contribution in [3.05, 3.63) is 45.5 Å². The first-order valence-corrected chi connectivity index (χ1v) is 8.14. The molecule has 0 amide bonds. The second kappa shape index (κ2) is 7.13. The number of aryl methyl sites for hydroxylation is 1. The Kier molecular flexibility index (Phi) is 6.04. The van der Waals surface area contributed by atoms with Crippen LogP contribution >= 0.6 is 7.60 Å². The van der Waals surface area contributed by atoms with E-state index in [9.17, 15) is 19.8 Å². The van der Waals surface area contributed by atoms with E-state index < -0.39 is 24.4 Å². The molecule has 8 heteroatoms. The molecule has 1 aromatic carbocycles. The van der Waals surface area contributed by atoms with Crippen LogP contribution in [0.3, 0.4) is 0 Å². The van der Waals surface area contributed by atoms with Gasteiger partial charge in [-0.05, 0) is 20.8 Å². The first-order valence-electron chi connectivity index (χ1n) is 6.59. The molecule has 0 radical (unpaired) electrons. The molecule has 0 saturated carbocycles. The fraction of sp³-hybridized carbons (Fsp3) is 0.538. The second-order valence-electron chi connectivity index (χ2n) is 4.51. The van der Waals surface area contributed by atoms with Crippen LogP contribution in [0.1, 0.15) is 25.0 Å². The van der Waals surface area contributed by atoms with Crippen molar-refractivity contribution >= 4 is 7.60 Å². The van der Waals surface area contributed by atoms with Gasteiger partial charge >= 0.3 is 7.60 Å². The smallest absolute Gasteiger partial charge is 0.368 e. The summed E-state index contributed by atoms with van der Waals surface area (Å²) >= 11 is 0. The van der Waals surface area contributed by atoms with Gasteiger partial charge in [-0.1, -0.05) is 29.8 Å². The normalized spacial score (nSPS) is 14.7. The van der Waals surface area contributed by atoms with E-state index in [4.69, 9.17) is 9.05 Å². The SMILES string of the molecule is CCOP(=O)(OCC)C(O)(C[N+](=O)[O-])c1ccc(C)cc1. The van der Waals surface area contributed by atoms with Crippen molar-refractivity contribution in [3.63, 3.8) is 0 Å². The molecule has 0 aliphatic heterocycles. The molecule has 1 rings (SSSR count). The maximum Gasteiger partial charge on any atom is 0.373 e. The van der Waals surface area contributed by atoms with Crippen LogP contribution < -0.4 is 0 Å². The topological polar surface area (TPSA) is 98.9 Å². The Morgan fingerprint density at radius 2 is 1.71 bits per heavy atom. The van der Waals surface area contributed by atoms with Crippen LogP contribution in [0.2, 0.25) is 0 Å². The van der Waals surface area contributed by atoms with E-state index in [1.165, 1.54) is 12.1 Å². The van der Waals surface area contributed by atoms with Gasteiger partial charge in [0.25, 0.3) is 5.34 Å². The summed E-state index contributed by atoms with van der Waals surface area (Å²) in [5.41, 5.74) is 1.04. The molecule has 0 saturated heterocycles. The second-order valence-corrected chi connectivity index (χ2v) is 6.76. The minimum absolute atomic E-state index is 0.00314. The highest BCUT2D eigenvalue weighted by Gasteiger charge is 2.55. The van der Waals surface area contributed by atoms with E-state index in [1.54, 1.807) is 26.0 Å². The number of hydrogen-bond donors (Lipinski definition) is 1. The molecule has 1 aromatic rings. The first-order chi connectivity index (χ1) is 9.79. The molecule has 0 aliphatic rings. The Labute approximate surface area is 123 Å². The molecule has 0 aromatic heterocycles. The molecule has 1 N–H and O–H groups in total. The Bertz CT molecular complexity index is 522. The highest BCUT2D eigenvalue weighted by Crippen LogP contribution is 2.63. The number of rotatable bonds is 8. The minimum Gasteiger partial charge on any atom is -0.368 e. The number of aliphatic hydroxyl groups is 1. The maximum absolute atomic E-state index is 12.9. The predicted octanol–water partition coefficient (Wildman–Crippen LogP) is 2.68.